The molecule has 34 heavy (non-hydrogen) atoms. The molecule has 5 N–H and O–H groups in total. The van der Waals surface area contributed by atoms with Gasteiger partial charge in [-0.3, -0.25) is 14.7 Å². The molecule has 0 aliphatic carbocycles. The van der Waals surface area contributed by atoms with Crippen LogP contribution in [0.3, 0.4) is 0 Å². The number of nitrogens with zero attached hydrogens (tertiary/aromatic N) is 2. The summed E-state index contributed by atoms with van der Waals surface area (Å²) in [6.07, 6.45) is 5.22. The van der Waals surface area contributed by atoms with Crippen molar-refractivity contribution < 1.29 is 9.90 Å². The van der Waals surface area contributed by atoms with Gasteiger partial charge in [-0.1, -0.05) is 18.2 Å². The Labute approximate surface area is 202 Å². The van der Waals surface area contributed by atoms with Crippen LogP contribution >= 0.6 is 0 Å². The number of rotatable bonds is 11. The number of carbonyl (C=O) groups is 1. The summed E-state index contributed by atoms with van der Waals surface area (Å²) in [4.78, 5) is 19.6. The molecule has 1 atom stereocenters. The van der Waals surface area contributed by atoms with E-state index in [0.29, 0.717) is 17.8 Å². The van der Waals surface area contributed by atoms with Crippen molar-refractivity contribution in [2.75, 3.05) is 30.7 Å². The van der Waals surface area contributed by atoms with Crippen LogP contribution in [0.2, 0.25) is 0 Å². The predicted molar refractivity (Wildman–Crippen MR) is 139 cm³/mol. The first-order chi connectivity index (χ1) is 16.3. The molecule has 182 valence electrons. The first-order valence-electron chi connectivity index (χ1n) is 11.9. The van der Waals surface area contributed by atoms with Gasteiger partial charge in [0.05, 0.1) is 22.8 Å². The second-order valence-corrected chi connectivity index (χ2v) is 9.21. The van der Waals surface area contributed by atoms with E-state index in [-0.39, 0.29) is 23.6 Å². The van der Waals surface area contributed by atoms with Gasteiger partial charge < -0.3 is 21.5 Å². The van der Waals surface area contributed by atoms with Gasteiger partial charge in [0.1, 0.15) is 0 Å². The Morgan fingerprint density at radius 2 is 2.03 bits per heavy atom. The monoisotopic (exact) mass is 463 g/mol. The van der Waals surface area contributed by atoms with Crippen molar-refractivity contribution in [2.24, 2.45) is 5.92 Å². The average molecular weight is 464 g/mol. The Balaban J connectivity index is 1.48. The lowest BCUT2D eigenvalue weighted by molar-refractivity contribution is 0.0908. The Morgan fingerprint density at radius 1 is 1.26 bits per heavy atom. The number of hydrogen-bond acceptors (Lipinski definition) is 6. The number of aromatic nitrogens is 1. The summed E-state index contributed by atoms with van der Waals surface area (Å²) >= 11 is 0. The third kappa shape index (κ3) is 7.63. The van der Waals surface area contributed by atoms with Crippen molar-refractivity contribution >= 4 is 17.3 Å². The van der Waals surface area contributed by atoms with E-state index in [1.807, 2.05) is 37.4 Å². The molecule has 1 aliphatic rings. The molecule has 1 unspecified atom stereocenters. The van der Waals surface area contributed by atoms with Crippen LogP contribution in [0.4, 0.5) is 11.4 Å². The van der Waals surface area contributed by atoms with E-state index >= 15 is 0 Å². The van der Waals surface area contributed by atoms with Crippen molar-refractivity contribution in [1.29, 1.82) is 0 Å². The van der Waals surface area contributed by atoms with Crippen molar-refractivity contribution in [3.05, 3.63) is 78.3 Å². The van der Waals surface area contributed by atoms with Gasteiger partial charge in [-0.25, -0.2) is 0 Å². The maximum Gasteiger partial charge on any atom is 0.251 e. The van der Waals surface area contributed by atoms with E-state index in [2.05, 4.69) is 33.7 Å². The van der Waals surface area contributed by atoms with Crippen molar-refractivity contribution in [3.63, 3.8) is 0 Å². The molecule has 1 aromatic carbocycles. The van der Waals surface area contributed by atoms with Crippen LogP contribution in [0.15, 0.2) is 67.1 Å². The number of benzene rings is 1. The number of nitrogens with two attached hydrogens (primary N) is 1. The number of carbonyl (C=O) groups excluding carboxylic acids is 1. The molecule has 2 aromatic rings. The van der Waals surface area contributed by atoms with E-state index in [9.17, 15) is 9.90 Å². The Hall–Kier alpha value is -3.32. The zero-order valence-electron chi connectivity index (χ0n) is 20.1. The summed E-state index contributed by atoms with van der Waals surface area (Å²) in [7, 11) is 0. The number of hydrogen-bond donors (Lipinski definition) is 4. The molecule has 1 aromatic heterocycles. The normalized spacial score (nSPS) is 15.4. The molecule has 3 rings (SSSR count). The van der Waals surface area contributed by atoms with Gasteiger partial charge in [0, 0.05) is 49.9 Å². The summed E-state index contributed by atoms with van der Waals surface area (Å²) in [5.41, 5.74) is 10.1. The molecule has 1 saturated heterocycles. The van der Waals surface area contributed by atoms with Crippen molar-refractivity contribution in [1.82, 2.24) is 15.2 Å². The van der Waals surface area contributed by atoms with Crippen molar-refractivity contribution in [2.45, 2.75) is 45.2 Å². The minimum Gasteiger partial charge on any atom is -0.513 e. The molecule has 0 radical (unpaired) electrons. The van der Waals surface area contributed by atoms with E-state index in [1.54, 1.807) is 12.1 Å². The highest BCUT2D eigenvalue weighted by molar-refractivity contribution is 5.96. The SMILES string of the molecule is C=C(C)CCC(CNc1ccc(C(=O)NC2CCN(Cc3ccccn3)CC2)cc1N)C(=C)O. The lowest BCUT2D eigenvalue weighted by atomic mass is 9.99. The molecule has 7 nitrogen and oxygen atoms in total. The number of aliphatic hydroxyl groups is 1. The summed E-state index contributed by atoms with van der Waals surface area (Å²) in [6.45, 7) is 12.8. The Bertz CT molecular complexity index is 984. The maximum absolute atomic E-state index is 12.8. The van der Waals surface area contributed by atoms with Crippen molar-refractivity contribution in [3.8, 4) is 0 Å². The zero-order chi connectivity index (χ0) is 24.5. The third-order valence-electron chi connectivity index (χ3n) is 6.28. The minimum atomic E-state index is -0.107. The molecular formula is C27H37N5O2. The van der Waals surface area contributed by atoms with Crippen LogP contribution in [-0.4, -0.2) is 46.6 Å². The van der Waals surface area contributed by atoms with Gasteiger partial charge in [0.2, 0.25) is 0 Å². The highest BCUT2D eigenvalue weighted by Crippen LogP contribution is 2.23. The fourth-order valence-corrected chi connectivity index (χ4v) is 4.13. The number of pyridine rings is 1. The third-order valence-corrected chi connectivity index (χ3v) is 6.28. The van der Waals surface area contributed by atoms with Gasteiger partial charge >= 0.3 is 0 Å². The molecule has 0 saturated carbocycles. The fraction of sp³-hybridized carbons (Fsp3) is 0.407. The first kappa shape index (κ1) is 25.3. The number of likely N-dealkylation sites (tertiary alicyclic amines) is 1. The number of piperidine rings is 1. The first-order valence-corrected chi connectivity index (χ1v) is 11.9. The molecular weight excluding hydrogens is 426 g/mol. The second-order valence-electron chi connectivity index (χ2n) is 9.21. The van der Waals surface area contributed by atoms with Gasteiger partial charge in [-0.2, -0.15) is 0 Å². The number of aliphatic hydroxyl groups excluding tert-OH is 1. The summed E-state index contributed by atoms with van der Waals surface area (Å²) in [5.74, 6) is -0.0542. The second kappa shape index (κ2) is 12.2. The van der Waals surface area contributed by atoms with Gasteiger partial charge in [-0.15, -0.1) is 6.58 Å². The Kier molecular flexibility index (Phi) is 9.10. The highest BCUT2D eigenvalue weighted by atomic mass is 16.3. The predicted octanol–water partition coefficient (Wildman–Crippen LogP) is 4.51. The quantitative estimate of drug-likeness (QED) is 0.222. The topological polar surface area (TPSA) is 104 Å². The smallest absolute Gasteiger partial charge is 0.251 e. The number of anilines is 2. The van der Waals surface area contributed by atoms with Crippen LogP contribution in [0.25, 0.3) is 0 Å². The van der Waals surface area contributed by atoms with Crippen LogP contribution in [0.1, 0.15) is 48.7 Å². The lowest BCUT2D eigenvalue weighted by Crippen LogP contribution is -2.44. The minimum absolute atomic E-state index is 0.0948. The van der Waals surface area contributed by atoms with Crippen LogP contribution in [0, 0.1) is 5.92 Å². The molecule has 1 fully saturated rings. The van der Waals surface area contributed by atoms with E-state index < -0.39 is 0 Å². The molecule has 2 heterocycles. The Morgan fingerprint density at radius 3 is 2.65 bits per heavy atom. The van der Waals surface area contributed by atoms with E-state index in [4.69, 9.17) is 5.73 Å². The highest BCUT2D eigenvalue weighted by Gasteiger charge is 2.22. The number of nitrogens with one attached hydrogen (secondary N) is 2. The van der Waals surface area contributed by atoms with Gasteiger partial charge in [-0.05, 0) is 62.9 Å². The van der Waals surface area contributed by atoms with Gasteiger partial charge in [0.25, 0.3) is 5.91 Å². The van der Waals surface area contributed by atoms with E-state index in [0.717, 1.165) is 62.3 Å². The maximum atomic E-state index is 12.8. The number of nitrogen functional groups attached to an aromatic ring is 1. The molecule has 7 heteroatoms. The zero-order valence-corrected chi connectivity index (χ0v) is 20.1. The summed E-state index contributed by atoms with van der Waals surface area (Å²) < 4.78 is 0. The summed E-state index contributed by atoms with van der Waals surface area (Å²) in [5, 5.41) is 16.3. The van der Waals surface area contributed by atoms with Crippen LogP contribution < -0.4 is 16.4 Å². The standard InChI is InChI=1S/C27H37N5O2/c1-19(2)7-8-22(20(3)33)17-30-26-10-9-21(16-25(26)28)27(34)31-23-11-14-32(15-12-23)18-24-6-4-5-13-29-24/h4-6,9-10,13,16,22-23,30,33H,1,3,7-8,11-12,14-15,17-18,28H2,2H3,(H,31,34). The summed E-state index contributed by atoms with van der Waals surface area (Å²) in [6, 6.07) is 11.4. The molecule has 0 spiro atoms. The van der Waals surface area contributed by atoms with Crippen LogP contribution in [0.5, 0.6) is 0 Å². The molecule has 1 amide bonds. The molecule has 0 bridgehead atoms. The fourth-order valence-electron chi connectivity index (χ4n) is 4.13. The molecule has 1 aliphatic heterocycles. The van der Waals surface area contributed by atoms with Crippen LogP contribution in [-0.2, 0) is 6.54 Å². The van der Waals surface area contributed by atoms with Gasteiger partial charge in [0.15, 0.2) is 0 Å². The lowest BCUT2D eigenvalue weighted by Gasteiger charge is -2.32. The van der Waals surface area contributed by atoms with E-state index in [1.165, 1.54) is 0 Å². The average Bonchev–Trinajstić information content (AvgIpc) is 2.81. The largest absolute Gasteiger partial charge is 0.513 e. The number of allylic oxidation sites excluding steroid dienone is 1. The number of amides is 1.